The third kappa shape index (κ3) is 5.00. The zero-order valence-corrected chi connectivity index (χ0v) is 31.2. The van der Waals surface area contributed by atoms with Gasteiger partial charge in [0.15, 0.2) is 17.5 Å². The van der Waals surface area contributed by atoms with Gasteiger partial charge >= 0.3 is 0 Å². The Morgan fingerprint density at radius 2 is 0.983 bits per heavy atom. The molecule has 0 bridgehead atoms. The number of aromatic nitrogens is 4. The molecule has 0 spiro atoms. The zero-order chi connectivity index (χ0) is 38.2. The smallest absolute Gasteiger partial charge is 0.168 e. The lowest BCUT2D eigenvalue weighted by Gasteiger charge is -2.13. The van der Waals surface area contributed by atoms with Gasteiger partial charge in [-0.15, -0.1) is 0 Å². The summed E-state index contributed by atoms with van der Waals surface area (Å²) in [5, 5.41) is 8.84. The van der Waals surface area contributed by atoms with Gasteiger partial charge in [-0.2, -0.15) is 0 Å². The molecule has 5 nitrogen and oxygen atoms in total. The Morgan fingerprint density at radius 3 is 1.84 bits per heavy atom. The lowest BCUT2D eigenvalue weighted by Crippen LogP contribution is -2.01. The van der Waals surface area contributed by atoms with Crippen LogP contribution in [0.25, 0.3) is 116 Å². The molecule has 0 saturated heterocycles. The van der Waals surface area contributed by atoms with Gasteiger partial charge in [-0.1, -0.05) is 158 Å². The van der Waals surface area contributed by atoms with Crippen LogP contribution >= 0.6 is 0 Å². The van der Waals surface area contributed by atoms with E-state index in [0.717, 1.165) is 82.5 Å². The number of benzene rings is 9. The molecule has 3 heterocycles. The molecular formula is C53H32N4O. The molecule has 0 aliphatic carbocycles. The van der Waals surface area contributed by atoms with Crippen LogP contribution in [0.15, 0.2) is 199 Å². The molecule has 12 rings (SSSR count). The minimum atomic E-state index is 0.558. The monoisotopic (exact) mass is 740 g/mol. The maximum absolute atomic E-state index is 6.71. The van der Waals surface area contributed by atoms with Crippen LogP contribution in [0.4, 0.5) is 0 Å². The van der Waals surface area contributed by atoms with E-state index in [1.165, 1.54) is 16.3 Å². The third-order valence-electron chi connectivity index (χ3n) is 11.4. The van der Waals surface area contributed by atoms with E-state index < -0.39 is 0 Å². The van der Waals surface area contributed by atoms with Crippen molar-refractivity contribution < 1.29 is 4.42 Å². The van der Waals surface area contributed by atoms with Gasteiger partial charge in [0, 0.05) is 38.4 Å². The Bertz CT molecular complexity index is 3560. The predicted octanol–water partition coefficient (Wildman–Crippen LogP) is 13.8. The first-order valence-electron chi connectivity index (χ1n) is 19.5. The van der Waals surface area contributed by atoms with Crippen molar-refractivity contribution in [2.45, 2.75) is 0 Å². The van der Waals surface area contributed by atoms with Crippen molar-refractivity contribution in [3.63, 3.8) is 0 Å². The summed E-state index contributed by atoms with van der Waals surface area (Å²) in [5.74, 6) is 1.74. The van der Waals surface area contributed by atoms with E-state index in [2.05, 4.69) is 187 Å². The second-order valence-corrected chi connectivity index (χ2v) is 14.7. The number of rotatable bonds is 5. The number of nitrogens with zero attached hydrogens (tertiary/aromatic N) is 4. The first kappa shape index (κ1) is 32.4. The normalized spacial score (nSPS) is 11.8. The summed E-state index contributed by atoms with van der Waals surface area (Å²) < 4.78 is 9.04. The first-order valence-corrected chi connectivity index (χ1v) is 19.5. The maximum Gasteiger partial charge on any atom is 0.168 e. The number of fused-ring (bicyclic) bond motifs is 8. The van der Waals surface area contributed by atoms with Gasteiger partial charge in [0.1, 0.15) is 11.2 Å². The number of para-hydroxylation sites is 3. The van der Waals surface area contributed by atoms with E-state index in [1.54, 1.807) is 0 Å². The van der Waals surface area contributed by atoms with Crippen LogP contribution < -0.4 is 0 Å². The average molecular weight is 741 g/mol. The molecule has 0 radical (unpaired) electrons. The standard InChI is InChI=1S/C53H32N4O/c1-2-17-37(18-3-1)57-45-25-10-8-22-42(45)48-43(24-13-26-46(48)57)52-54-51(35-30-28-34(29-31-35)39-23-12-16-33-14-4-6-19-38(33)39)55-53(56-52)49-40-20-7-5-15-36(40)32-44-41-21-9-11-27-47(41)58-50(44)49/h1-32H. The Balaban J connectivity index is 1.14. The van der Waals surface area contributed by atoms with Crippen molar-refractivity contribution in [1.29, 1.82) is 0 Å². The SMILES string of the molecule is c1ccc(-n2c3ccccc3c3c(-c4nc(-c5ccc(-c6cccc7ccccc67)cc5)nc(-c5c6ccccc6cc6c5oc5ccccc56)n4)cccc32)cc1. The Hall–Kier alpha value is -7.89. The largest absolute Gasteiger partial charge is 0.455 e. The van der Waals surface area contributed by atoms with E-state index in [4.69, 9.17) is 19.4 Å². The second kappa shape index (κ2) is 12.8. The van der Waals surface area contributed by atoms with Gasteiger partial charge in [-0.05, 0) is 69.1 Å². The van der Waals surface area contributed by atoms with Crippen molar-refractivity contribution in [2.24, 2.45) is 0 Å². The number of furan rings is 1. The average Bonchev–Trinajstić information content (AvgIpc) is 3.84. The molecule has 0 amide bonds. The number of hydrogen-bond donors (Lipinski definition) is 0. The quantitative estimate of drug-likeness (QED) is 0.176. The van der Waals surface area contributed by atoms with Gasteiger partial charge in [0.2, 0.25) is 0 Å². The summed E-state index contributed by atoms with van der Waals surface area (Å²) in [6, 6.07) is 67.9. The summed E-state index contributed by atoms with van der Waals surface area (Å²) in [6.45, 7) is 0. The van der Waals surface area contributed by atoms with E-state index in [1.807, 2.05) is 12.1 Å². The van der Waals surface area contributed by atoms with Crippen molar-refractivity contribution in [3.8, 4) is 51.0 Å². The summed E-state index contributed by atoms with van der Waals surface area (Å²) in [5.41, 5.74) is 9.87. The summed E-state index contributed by atoms with van der Waals surface area (Å²) >= 11 is 0. The minimum absolute atomic E-state index is 0.558. The molecule has 0 N–H and O–H groups in total. The molecule has 0 unspecified atom stereocenters. The Kier molecular flexibility index (Phi) is 7.16. The van der Waals surface area contributed by atoms with Crippen LogP contribution in [0, 0.1) is 0 Å². The number of hydrogen-bond acceptors (Lipinski definition) is 4. The van der Waals surface area contributed by atoms with Crippen LogP contribution in [0.1, 0.15) is 0 Å². The second-order valence-electron chi connectivity index (χ2n) is 14.7. The predicted molar refractivity (Wildman–Crippen MR) is 238 cm³/mol. The maximum atomic E-state index is 6.71. The van der Waals surface area contributed by atoms with E-state index in [9.17, 15) is 0 Å². The Labute approximate surface area is 333 Å². The third-order valence-corrected chi connectivity index (χ3v) is 11.4. The fourth-order valence-electron chi connectivity index (χ4n) is 8.82. The highest BCUT2D eigenvalue weighted by Gasteiger charge is 2.23. The van der Waals surface area contributed by atoms with Gasteiger partial charge in [0.25, 0.3) is 0 Å². The lowest BCUT2D eigenvalue weighted by molar-refractivity contribution is 0.670. The van der Waals surface area contributed by atoms with Crippen LogP contribution in [0.2, 0.25) is 0 Å². The summed E-state index contributed by atoms with van der Waals surface area (Å²) in [7, 11) is 0. The van der Waals surface area contributed by atoms with E-state index in [0.29, 0.717) is 17.5 Å². The molecule has 5 heteroatoms. The molecule has 12 aromatic rings. The summed E-state index contributed by atoms with van der Waals surface area (Å²) in [4.78, 5) is 16.1. The fourth-order valence-corrected chi connectivity index (χ4v) is 8.82. The molecule has 0 aliphatic rings. The molecule has 0 saturated carbocycles. The highest BCUT2D eigenvalue weighted by atomic mass is 16.3. The molecular weight excluding hydrogens is 709 g/mol. The lowest BCUT2D eigenvalue weighted by atomic mass is 9.97. The minimum Gasteiger partial charge on any atom is -0.455 e. The molecule has 270 valence electrons. The van der Waals surface area contributed by atoms with E-state index >= 15 is 0 Å². The van der Waals surface area contributed by atoms with Crippen LogP contribution in [0.3, 0.4) is 0 Å². The first-order chi connectivity index (χ1) is 28.8. The molecule has 58 heavy (non-hydrogen) atoms. The summed E-state index contributed by atoms with van der Waals surface area (Å²) in [6.07, 6.45) is 0. The van der Waals surface area contributed by atoms with E-state index in [-0.39, 0.29) is 0 Å². The molecule has 0 fully saturated rings. The van der Waals surface area contributed by atoms with Crippen molar-refractivity contribution >= 4 is 65.3 Å². The fraction of sp³-hybridized carbons (Fsp3) is 0. The highest BCUT2D eigenvalue weighted by Crippen LogP contribution is 2.43. The van der Waals surface area contributed by atoms with Crippen LogP contribution in [0.5, 0.6) is 0 Å². The molecule has 0 aliphatic heterocycles. The highest BCUT2D eigenvalue weighted by molar-refractivity contribution is 6.18. The zero-order valence-electron chi connectivity index (χ0n) is 31.2. The van der Waals surface area contributed by atoms with Gasteiger partial charge < -0.3 is 8.98 Å². The molecule has 3 aromatic heterocycles. The van der Waals surface area contributed by atoms with Gasteiger partial charge in [-0.25, -0.2) is 15.0 Å². The Morgan fingerprint density at radius 1 is 0.379 bits per heavy atom. The van der Waals surface area contributed by atoms with Gasteiger partial charge in [-0.3, -0.25) is 0 Å². The van der Waals surface area contributed by atoms with Crippen molar-refractivity contribution in [2.75, 3.05) is 0 Å². The topological polar surface area (TPSA) is 56.7 Å². The van der Waals surface area contributed by atoms with Crippen LogP contribution in [-0.4, -0.2) is 19.5 Å². The van der Waals surface area contributed by atoms with Gasteiger partial charge in [0.05, 0.1) is 16.6 Å². The van der Waals surface area contributed by atoms with Crippen LogP contribution in [-0.2, 0) is 0 Å². The molecule has 9 aromatic carbocycles. The molecule has 0 atom stereocenters. The van der Waals surface area contributed by atoms with Crippen molar-refractivity contribution in [3.05, 3.63) is 194 Å². The van der Waals surface area contributed by atoms with Crippen molar-refractivity contribution in [1.82, 2.24) is 19.5 Å².